The van der Waals surface area contributed by atoms with Crippen LogP contribution in [-0.2, 0) is 14.4 Å². The minimum Gasteiger partial charge on any atom is -0.342 e. The minimum atomic E-state index is -0.635. The fourth-order valence-electron chi connectivity index (χ4n) is 2.78. The number of Topliss-reactive ketones (excluding diaryl/α,β-unsaturated/α-hetero) is 1. The molecule has 106 valence electrons. The van der Waals surface area contributed by atoms with Crippen molar-refractivity contribution in [2.45, 2.75) is 58.0 Å². The number of nitrogens with zero attached hydrogens (tertiary/aromatic N) is 1. The molecule has 2 atom stereocenters. The maximum absolute atomic E-state index is 12.3. The molecule has 1 aliphatic heterocycles. The molecule has 2 rings (SSSR count). The molecule has 5 nitrogen and oxygen atoms in total. The van der Waals surface area contributed by atoms with Crippen LogP contribution in [-0.4, -0.2) is 40.6 Å². The number of carbonyl (C=O) groups is 3. The van der Waals surface area contributed by atoms with Crippen molar-refractivity contribution in [2.75, 3.05) is 6.54 Å². The molecule has 1 saturated carbocycles. The predicted molar refractivity (Wildman–Crippen MR) is 70.4 cm³/mol. The standard InChI is InChI=1S/C14H22N2O3/c1-4-12(18)16-8-9(2)7-11(16)13(19)15-14(5-6-14)10(3)17/h9,11H,4-8H2,1-3H3,(H,15,19)/t9?,11-/m0/s1. The summed E-state index contributed by atoms with van der Waals surface area (Å²) >= 11 is 0. The van der Waals surface area contributed by atoms with E-state index >= 15 is 0 Å². The molecule has 0 radical (unpaired) electrons. The van der Waals surface area contributed by atoms with Crippen LogP contribution in [0.3, 0.4) is 0 Å². The molecule has 2 amide bonds. The Kier molecular flexibility index (Phi) is 3.65. The van der Waals surface area contributed by atoms with E-state index in [9.17, 15) is 14.4 Å². The monoisotopic (exact) mass is 266 g/mol. The Balaban J connectivity index is 2.05. The second-order valence-electron chi connectivity index (χ2n) is 5.88. The molecular formula is C14H22N2O3. The fourth-order valence-corrected chi connectivity index (χ4v) is 2.78. The first-order valence-electron chi connectivity index (χ1n) is 7.02. The van der Waals surface area contributed by atoms with Crippen LogP contribution in [0.15, 0.2) is 0 Å². The van der Waals surface area contributed by atoms with Gasteiger partial charge in [-0.05, 0) is 32.1 Å². The lowest BCUT2D eigenvalue weighted by atomic mass is 10.1. The summed E-state index contributed by atoms with van der Waals surface area (Å²) in [6.07, 6.45) is 2.54. The fraction of sp³-hybridized carbons (Fsp3) is 0.786. The number of amides is 2. The molecule has 0 aromatic carbocycles. The van der Waals surface area contributed by atoms with E-state index in [4.69, 9.17) is 0 Å². The van der Waals surface area contributed by atoms with Crippen molar-refractivity contribution in [3.8, 4) is 0 Å². The lowest BCUT2D eigenvalue weighted by Crippen LogP contribution is -2.51. The van der Waals surface area contributed by atoms with E-state index in [0.29, 0.717) is 25.3 Å². The zero-order valence-corrected chi connectivity index (χ0v) is 11.9. The SMILES string of the molecule is CCC(=O)N1CC(C)C[C@H]1C(=O)NC1(C(C)=O)CC1. The van der Waals surface area contributed by atoms with Crippen LogP contribution in [0.4, 0.5) is 0 Å². The molecular weight excluding hydrogens is 244 g/mol. The summed E-state index contributed by atoms with van der Waals surface area (Å²) in [7, 11) is 0. The van der Waals surface area contributed by atoms with Crippen LogP contribution in [0.2, 0.25) is 0 Å². The second kappa shape index (κ2) is 4.94. The Morgan fingerprint density at radius 1 is 1.32 bits per heavy atom. The highest BCUT2D eigenvalue weighted by molar-refractivity contribution is 5.96. The van der Waals surface area contributed by atoms with Gasteiger partial charge in [0.1, 0.15) is 6.04 Å². The first-order chi connectivity index (χ1) is 8.89. The summed E-state index contributed by atoms with van der Waals surface area (Å²) in [6, 6.07) is -0.403. The van der Waals surface area contributed by atoms with Gasteiger partial charge in [0.15, 0.2) is 5.78 Å². The van der Waals surface area contributed by atoms with Gasteiger partial charge in [-0.15, -0.1) is 0 Å². The van der Waals surface area contributed by atoms with Crippen molar-refractivity contribution >= 4 is 17.6 Å². The Bertz CT molecular complexity index is 415. The Morgan fingerprint density at radius 2 is 1.95 bits per heavy atom. The van der Waals surface area contributed by atoms with Crippen LogP contribution < -0.4 is 5.32 Å². The quantitative estimate of drug-likeness (QED) is 0.821. The number of likely N-dealkylation sites (tertiary alicyclic amines) is 1. The summed E-state index contributed by atoms with van der Waals surface area (Å²) in [5.74, 6) is 0.190. The van der Waals surface area contributed by atoms with E-state index in [-0.39, 0.29) is 17.6 Å². The van der Waals surface area contributed by atoms with Crippen LogP contribution in [0, 0.1) is 5.92 Å². The number of ketones is 1. The lowest BCUT2D eigenvalue weighted by molar-refractivity contribution is -0.139. The first-order valence-corrected chi connectivity index (χ1v) is 7.02. The molecule has 19 heavy (non-hydrogen) atoms. The van der Waals surface area contributed by atoms with Gasteiger partial charge in [0.05, 0.1) is 5.54 Å². The Labute approximate surface area is 113 Å². The van der Waals surface area contributed by atoms with E-state index in [1.807, 2.05) is 6.92 Å². The predicted octanol–water partition coefficient (Wildman–Crippen LogP) is 0.871. The summed E-state index contributed by atoms with van der Waals surface area (Å²) in [6.45, 7) is 6.00. The van der Waals surface area contributed by atoms with Crippen molar-refractivity contribution in [3.63, 3.8) is 0 Å². The van der Waals surface area contributed by atoms with Crippen molar-refractivity contribution in [1.29, 1.82) is 0 Å². The topological polar surface area (TPSA) is 66.5 Å². The third kappa shape index (κ3) is 2.65. The normalized spacial score (nSPS) is 28.1. The van der Waals surface area contributed by atoms with Crippen molar-refractivity contribution < 1.29 is 14.4 Å². The number of rotatable bonds is 4. The molecule has 1 heterocycles. The van der Waals surface area contributed by atoms with Crippen molar-refractivity contribution in [2.24, 2.45) is 5.92 Å². The summed E-state index contributed by atoms with van der Waals surface area (Å²) in [5, 5.41) is 2.86. The minimum absolute atomic E-state index is 0.0113. The van der Waals surface area contributed by atoms with Gasteiger partial charge in [0.2, 0.25) is 11.8 Å². The van der Waals surface area contributed by atoms with Crippen LogP contribution in [0.1, 0.15) is 46.5 Å². The molecule has 0 aromatic rings. The van der Waals surface area contributed by atoms with Gasteiger partial charge in [-0.3, -0.25) is 14.4 Å². The molecule has 2 fully saturated rings. The maximum Gasteiger partial charge on any atom is 0.243 e. The van der Waals surface area contributed by atoms with Gasteiger partial charge in [0, 0.05) is 13.0 Å². The van der Waals surface area contributed by atoms with Crippen molar-refractivity contribution in [3.05, 3.63) is 0 Å². The molecule has 0 spiro atoms. The summed E-state index contributed by atoms with van der Waals surface area (Å²) in [4.78, 5) is 37.4. The van der Waals surface area contributed by atoms with Gasteiger partial charge >= 0.3 is 0 Å². The number of hydrogen-bond donors (Lipinski definition) is 1. The van der Waals surface area contributed by atoms with E-state index in [0.717, 1.165) is 12.8 Å². The highest BCUT2D eigenvalue weighted by Crippen LogP contribution is 2.37. The van der Waals surface area contributed by atoms with Gasteiger partial charge in [-0.2, -0.15) is 0 Å². The van der Waals surface area contributed by atoms with Crippen LogP contribution in [0.5, 0.6) is 0 Å². The Hall–Kier alpha value is -1.39. The zero-order chi connectivity index (χ0) is 14.2. The van der Waals surface area contributed by atoms with E-state index in [1.54, 1.807) is 11.8 Å². The lowest BCUT2D eigenvalue weighted by Gasteiger charge is -2.25. The number of nitrogens with one attached hydrogen (secondary N) is 1. The number of hydrogen-bond acceptors (Lipinski definition) is 3. The molecule has 0 bridgehead atoms. The first kappa shape index (κ1) is 14.0. The summed E-state index contributed by atoms with van der Waals surface area (Å²) in [5.41, 5.74) is -0.635. The molecule has 1 saturated heterocycles. The third-order valence-corrected chi connectivity index (χ3v) is 4.22. The zero-order valence-electron chi connectivity index (χ0n) is 11.9. The van der Waals surface area contributed by atoms with E-state index in [1.165, 1.54) is 6.92 Å². The molecule has 0 aromatic heterocycles. The average Bonchev–Trinajstić information content (AvgIpc) is 3.03. The van der Waals surface area contributed by atoms with Gasteiger partial charge in [-0.25, -0.2) is 0 Å². The smallest absolute Gasteiger partial charge is 0.243 e. The van der Waals surface area contributed by atoms with Gasteiger partial charge in [-0.1, -0.05) is 13.8 Å². The molecule has 1 aliphatic carbocycles. The van der Waals surface area contributed by atoms with Crippen LogP contribution in [0.25, 0.3) is 0 Å². The van der Waals surface area contributed by atoms with Crippen LogP contribution >= 0.6 is 0 Å². The number of carbonyl (C=O) groups excluding carboxylic acids is 3. The second-order valence-corrected chi connectivity index (χ2v) is 5.88. The highest BCUT2D eigenvalue weighted by Gasteiger charge is 2.50. The molecule has 1 N–H and O–H groups in total. The maximum atomic E-state index is 12.3. The Morgan fingerprint density at radius 3 is 2.42 bits per heavy atom. The van der Waals surface area contributed by atoms with Crippen molar-refractivity contribution in [1.82, 2.24) is 10.2 Å². The summed E-state index contributed by atoms with van der Waals surface area (Å²) < 4.78 is 0. The van der Waals surface area contributed by atoms with E-state index in [2.05, 4.69) is 5.32 Å². The van der Waals surface area contributed by atoms with Gasteiger partial charge < -0.3 is 10.2 Å². The highest BCUT2D eigenvalue weighted by atomic mass is 16.2. The molecule has 1 unspecified atom stereocenters. The average molecular weight is 266 g/mol. The molecule has 2 aliphatic rings. The molecule has 5 heteroatoms. The largest absolute Gasteiger partial charge is 0.342 e. The third-order valence-electron chi connectivity index (χ3n) is 4.22. The van der Waals surface area contributed by atoms with E-state index < -0.39 is 11.6 Å². The van der Waals surface area contributed by atoms with Gasteiger partial charge in [0.25, 0.3) is 0 Å².